The van der Waals surface area contributed by atoms with Crippen molar-refractivity contribution in [3.63, 3.8) is 0 Å². The molecular formula is C21H33N. The van der Waals surface area contributed by atoms with Crippen LogP contribution in [-0.2, 0) is 6.42 Å². The average molecular weight is 300 g/mol. The maximum absolute atomic E-state index is 2.50. The van der Waals surface area contributed by atoms with Gasteiger partial charge in [0.05, 0.1) is 0 Å². The van der Waals surface area contributed by atoms with Gasteiger partial charge >= 0.3 is 0 Å². The smallest absolute Gasteiger partial charge is 0.00158 e. The third-order valence-corrected chi connectivity index (χ3v) is 4.48. The Morgan fingerprint density at radius 2 is 1.82 bits per heavy atom. The quantitative estimate of drug-likeness (QED) is 0.740. The first-order valence-corrected chi connectivity index (χ1v) is 8.69. The third-order valence-electron chi connectivity index (χ3n) is 4.48. The molecule has 0 aliphatic heterocycles. The molecule has 0 heterocycles. The molecule has 0 unspecified atom stereocenters. The van der Waals surface area contributed by atoms with Gasteiger partial charge in [-0.25, -0.2) is 0 Å². The first-order valence-electron chi connectivity index (χ1n) is 8.69. The SMILES string of the molecule is C\C=C/C(C)=c1/cc(CCCN(CC)CC)c(C)c/c1=C\C. The second-order valence-corrected chi connectivity index (χ2v) is 5.97. The van der Waals surface area contributed by atoms with Gasteiger partial charge in [-0.15, -0.1) is 0 Å². The van der Waals surface area contributed by atoms with Gasteiger partial charge in [0.15, 0.2) is 0 Å². The van der Waals surface area contributed by atoms with Crippen LogP contribution < -0.4 is 10.4 Å². The fourth-order valence-corrected chi connectivity index (χ4v) is 3.00. The Bertz CT molecular complexity index is 604. The minimum Gasteiger partial charge on any atom is -0.304 e. The number of rotatable bonds is 7. The highest BCUT2D eigenvalue weighted by molar-refractivity contribution is 5.55. The van der Waals surface area contributed by atoms with Crippen molar-refractivity contribution in [2.45, 2.75) is 54.4 Å². The van der Waals surface area contributed by atoms with E-state index in [-0.39, 0.29) is 0 Å². The monoisotopic (exact) mass is 299 g/mol. The summed E-state index contributed by atoms with van der Waals surface area (Å²) in [6, 6.07) is 4.75. The molecule has 0 bridgehead atoms. The van der Waals surface area contributed by atoms with Crippen molar-refractivity contribution in [1.82, 2.24) is 4.90 Å². The molecular weight excluding hydrogens is 266 g/mol. The molecule has 122 valence electrons. The Morgan fingerprint density at radius 3 is 2.36 bits per heavy atom. The van der Waals surface area contributed by atoms with Crippen LogP contribution in [0.3, 0.4) is 0 Å². The van der Waals surface area contributed by atoms with E-state index in [0.29, 0.717) is 0 Å². The van der Waals surface area contributed by atoms with Crippen LogP contribution in [0.4, 0.5) is 0 Å². The van der Waals surface area contributed by atoms with E-state index in [4.69, 9.17) is 0 Å². The van der Waals surface area contributed by atoms with Crippen molar-refractivity contribution in [2.24, 2.45) is 0 Å². The summed E-state index contributed by atoms with van der Waals surface area (Å²) in [5.74, 6) is 0. The van der Waals surface area contributed by atoms with E-state index in [1.165, 1.54) is 46.5 Å². The lowest BCUT2D eigenvalue weighted by atomic mass is 9.99. The topological polar surface area (TPSA) is 3.24 Å². The van der Waals surface area contributed by atoms with E-state index in [0.717, 1.165) is 13.1 Å². The van der Waals surface area contributed by atoms with Crippen molar-refractivity contribution in [1.29, 1.82) is 0 Å². The Morgan fingerprint density at radius 1 is 1.14 bits per heavy atom. The number of hydrogen-bond acceptors (Lipinski definition) is 1. The molecule has 0 fully saturated rings. The number of nitrogens with zero attached hydrogens (tertiary/aromatic N) is 1. The molecule has 0 amide bonds. The van der Waals surface area contributed by atoms with Crippen molar-refractivity contribution in [2.75, 3.05) is 19.6 Å². The van der Waals surface area contributed by atoms with Gasteiger partial charge in [-0.1, -0.05) is 44.2 Å². The minimum absolute atomic E-state index is 1.15. The lowest BCUT2D eigenvalue weighted by Crippen LogP contribution is -2.28. The zero-order chi connectivity index (χ0) is 16.5. The Balaban J connectivity index is 3.07. The largest absolute Gasteiger partial charge is 0.304 e. The molecule has 0 radical (unpaired) electrons. The van der Waals surface area contributed by atoms with Crippen LogP contribution in [0.2, 0.25) is 0 Å². The molecule has 1 aromatic rings. The fourth-order valence-electron chi connectivity index (χ4n) is 3.00. The molecule has 0 aliphatic rings. The first kappa shape index (κ1) is 18.7. The van der Waals surface area contributed by atoms with Gasteiger partial charge in [0.1, 0.15) is 0 Å². The fraction of sp³-hybridized carbons (Fsp3) is 0.524. The number of benzene rings is 1. The van der Waals surface area contributed by atoms with Gasteiger partial charge < -0.3 is 4.90 Å². The zero-order valence-electron chi connectivity index (χ0n) is 15.4. The molecule has 0 N–H and O–H groups in total. The Labute approximate surface area is 137 Å². The van der Waals surface area contributed by atoms with Gasteiger partial charge in [-0.2, -0.15) is 0 Å². The summed E-state index contributed by atoms with van der Waals surface area (Å²) in [4.78, 5) is 2.50. The van der Waals surface area contributed by atoms with Crippen molar-refractivity contribution < 1.29 is 0 Å². The van der Waals surface area contributed by atoms with Crippen LogP contribution in [0.5, 0.6) is 0 Å². The van der Waals surface area contributed by atoms with Crippen LogP contribution in [0.15, 0.2) is 24.3 Å². The molecule has 0 saturated carbocycles. The van der Waals surface area contributed by atoms with Gasteiger partial charge in [0.25, 0.3) is 0 Å². The summed E-state index contributed by atoms with van der Waals surface area (Å²) in [5, 5.41) is 2.73. The van der Waals surface area contributed by atoms with Gasteiger partial charge in [0.2, 0.25) is 0 Å². The summed E-state index contributed by atoms with van der Waals surface area (Å²) >= 11 is 0. The zero-order valence-corrected chi connectivity index (χ0v) is 15.4. The highest BCUT2D eigenvalue weighted by Crippen LogP contribution is 2.07. The molecule has 1 heteroatoms. The molecule has 1 aromatic carbocycles. The number of hydrogen-bond donors (Lipinski definition) is 0. The van der Waals surface area contributed by atoms with Crippen molar-refractivity contribution in [3.8, 4) is 0 Å². The predicted octanol–water partition coefficient (Wildman–Crippen LogP) is 3.82. The summed E-state index contributed by atoms with van der Waals surface area (Å²) in [6.07, 6.45) is 8.95. The second kappa shape index (κ2) is 9.63. The number of allylic oxidation sites excluding steroid dienone is 2. The van der Waals surface area contributed by atoms with Gasteiger partial charge in [-0.3, -0.25) is 0 Å². The first-order chi connectivity index (χ1) is 10.6. The van der Waals surface area contributed by atoms with E-state index in [9.17, 15) is 0 Å². The molecule has 1 rings (SSSR count). The van der Waals surface area contributed by atoms with Crippen molar-refractivity contribution in [3.05, 3.63) is 45.8 Å². The highest BCUT2D eigenvalue weighted by Gasteiger charge is 2.03. The summed E-state index contributed by atoms with van der Waals surface area (Å²) in [5.41, 5.74) is 4.27. The number of aryl methyl sites for hydroxylation is 2. The van der Waals surface area contributed by atoms with E-state index in [1.807, 2.05) is 0 Å². The van der Waals surface area contributed by atoms with Crippen LogP contribution in [-0.4, -0.2) is 24.5 Å². The van der Waals surface area contributed by atoms with E-state index >= 15 is 0 Å². The van der Waals surface area contributed by atoms with Crippen LogP contribution in [0, 0.1) is 6.92 Å². The highest BCUT2D eigenvalue weighted by atomic mass is 15.1. The van der Waals surface area contributed by atoms with Crippen LogP contribution in [0.25, 0.3) is 11.6 Å². The summed E-state index contributed by atoms with van der Waals surface area (Å²) in [7, 11) is 0. The van der Waals surface area contributed by atoms with Crippen molar-refractivity contribution >= 4 is 11.6 Å². The van der Waals surface area contributed by atoms with E-state index < -0.39 is 0 Å². The normalized spacial score (nSPS) is 14.2. The van der Waals surface area contributed by atoms with Gasteiger partial charge in [-0.05, 0) is 87.3 Å². The molecule has 0 atom stereocenters. The molecule has 0 spiro atoms. The molecule has 1 nitrogen and oxygen atoms in total. The minimum atomic E-state index is 1.15. The van der Waals surface area contributed by atoms with Gasteiger partial charge in [0, 0.05) is 0 Å². The van der Waals surface area contributed by atoms with Crippen LogP contribution in [0.1, 0.15) is 52.2 Å². The second-order valence-electron chi connectivity index (χ2n) is 5.97. The maximum Gasteiger partial charge on any atom is -0.00158 e. The Kier molecular flexibility index (Phi) is 8.19. The summed E-state index contributed by atoms with van der Waals surface area (Å²) < 4.78 is 0. The molecule has 0 aliphatic carbocycles. The maximum atomic E-state index is 2.50. The lowest BCUT2D eigenvalue weighted by molar-refractivity contribution is 0.300. The third kappa shape index (κ3) is 5.14. The summed E-state index contributed by atoms with van der Waals surface area (Å²) in [6.45, 7) is 16.6. The molecule has 0 saturated heterocycles. The lowest BCUT2D eigenvalue weighted by Gasteiger charge is -2.18. The van der Waals surface area contributed by atoms with E-state index in [1.54, 1.807) is 0 Å². The standard InChI is InChI=1S/C21H33N/c1-7-12-17(5)21-16-20(18(6)15-19(21)8-2)13-11-14-22(9-3)10-4/h7-8,12,15-16H,9-11,13-14H2,1-6H3/b12-7-,19-8+,21-17-. The molecule has 0 aromatic heterocycles. The average Bonchev–Trinajstić information content (AvgIpc) is 2.52. The Hall–Kier alpha value is -1.34. The van der Waals surface area contributed by atoms with Crippen LogP contribution >= 0.6 is 0 Å². The molecule has 22 heavy (non-hydrogen) atoms. The predicted molar refractivity (Wildman–Crippen MR) is 101 cm³/mol. The van der Waals surface area contributed by atoms with E-state index in [2.05, 4.69) is 76.8 Å².